The van der Waals surface area contributed by atoms with Gasteiger partial charge in [-0.2, -0.15) is 0 Å². The number of primary amides is 1. The fourth-order valence-corrected chi connectivity index (χ4v) is 2.78. The average Bonchev–Trinajstić information content (AvgIpc) is 2.38. The summed E-state index contributed by atoms with van der Waals surface area (Å²) < 4.78 is 14.1. The molecule has 1 saturated carbocycles. The molecule has 6 heteroatoms. The third-order valence-corrected chi connectivity index (χ3v) is 3.96. The van der Waals surface area contributed by atoms with Crippen LogP contribution in [0, 0.1) is 5.82 Å². The SMILES string of the molecule is CN(c1cc(C(N)=O)c(N)cc1F)C1CCCCC1O. The van der Waals surface area contributed by atoms with Gasteiger partial charge < -0.3 is 21.5 Å². The molecule has 20 heavy (non-hydrogen) atoms. The van der Waals surface area contributed by atoms with Gasteiger partial charge in [-0.1, -0.05) is 12.8 Å². The van der Waals surface area contributed by atoms with Gasteiger partial charge in [0.25, 0.3) is 5.91 Å². The number of nitrogens with two attached hydrogens (primary N) is 2. The molecule has 5 N–H and O–H groups in total. The van der Waals surface area contributed by atoms with E-state index in [1.54, 1.807) is 11.9 Å². The molecule has 0 spiro atoms. The Kier molecular flexibility index (Phi) is 4.13. The molecule has 2 unspecified atom stereocenters. The number of nitrogen functional groups attached to an aromatic ring is 1. The summed E-state index contributed by atoms with van der Waals surface area (Å²) in [5.41, 5.74) is 11.2. The van der Waals surface area contributed by atoms with Gasteiger partial charge in [-0.3, -0.25) is 4.79 Å². The van der Waals surface area contributed by atoms with E-state index in [9.17, 15) is 14.3 Å². The van der Waals surface area contributed by atoms with Gasteiger partial charge in [0.05, 0.1) is 23.4 Å². The van der Waals surface area contributed by atoms with Gasteiger partial charge in [0.15, 0.2) is 0 Å². The molecule has 5 nitrogen and oxygen atoms in total. The molecule has 0 bridgehead atoms. The van der Waals surface area contributed by atoms with Crippen LogP contribution >= 0.6 is 0 Å². The van der Waals surface area contributed by atoms with Crippen molar-refractivity contribution >= 4 is 17.3 Å². The van der Waals surface area contributed by atoms with Gasteiger partial charge in [0.2, 0.25) is 0 Å². The largest absolute Gasteiger partial charge is 0.398 e. The molecular formula is C14H20FN3O2. The smallest absolute Gasteiger partial charge is 0.250 e. The number of nitrogens with zero attached hydrogens (tertiary/aromatic N) is 1. The van der Waals surface area contributed by atoms with Crippen LogP contribution in [0.25, 0.3) is 0 Å². The van der Waals surface area contributed by atoms with Crippen molar-refractivity contribution < 1.29 is 14.3 Å². The van der Waals surface area contributed by atoms with E-state index < -0.39 is 17.8 Å². The third-order valence-electron chi connectivity index (χ3n) is 3.96. The molecule has 0 saturated heterocycles. The summed E-state index contributed by atoms with van der Waals surface area (Å²) in [6.45, 7) is 0. The van der Waals surface area contributed by atoms with Gasteiger partial charge >= 0.3 is 0 Å². The van der Waals surface area contributed by atoms with Crippen molar-refractivity contribution in [2.75, 3.05) is 17.7 Å². The van der Waals surface area contributed by atoms with Crippen LogP contribution in [-0.2, 0) is 0 Å². The minimum Gasteiger partial charge on any atom is -0.398 e. The Balaban J connectivity index is 2.35. The van der Waals surface area contributed by atoms with Crippen molar-refractivity contribution in [2.45, 2.75) is 37.8 Å². The number of hydrogen-bond acceptors (Lipinski definition) is 4. The highest BCUT2D eigenvalue weighted by Gasteiger charge is 2.28. The number of rotatable bonds is 3. The molecule has 110 valence electrons. The summed E-state index contributed by atoms with van der Waals surface area (Å²) in [5, 5.41) is 10.0. The van der Waals surface area contributed by atoms with E-state index in [0.29, 0.717) is 6.42 Å². The van der Waals surface area contributed by atoms with Crippen LogP contribution in [0.1, 0.15) is 36.0 Å². The van der Waals surface area contributed by atoms with Crippen LogP contribution in [0.5, 0.6) is 0 Å². The Morgan fingerprint density at radius 1 is 1.40 bits per heavy atom. The number of hydrogen-bond donors (Lipinski definition) is 3. The van der Waals surface area contributed by atoms with Crippen LogP contribution in [0.3, 0.4) is 0 Å². The quantitative estimate of drug-likeness (QED) is 0.727. The first kappa shape index (κ1) is 14.6. The zero-order chi connectivity index (χ0) is 14.9. The number of likely N-dealkylation sites (N-methyl/N-ethyl adjacent to an activating group) is 1. The normalized spacial score (nSPS) is 22.6. The fourth-order valence-electron chi connectivity index (χ4n) is 2.78. The molecule has 0 aliphatic heterocycles. The Labute approximate surface area is 117 Å². The van der Waals surface area contributed by atoms with Gasteiger partial charge in [0, 0.05) is 12.7 Å². The standard InChI is InChI=1S/C14H20FN3O2/c1-18(11-4-2-3-5-13(11)19)12-6-8(14(17)20)10(16)7-9(12)15/h6-7,11,13,19H,2-5,16H2,1H3,(H2,17,20). The third kappa shape index (κ3) is 2.70. The van der Waals surface area contributed by atoms with Crippen LogP contribution in [0.15, 0.2) is 12.1 Å². The lowest BCUT2D eigenvalue weighted by Crippen LogP contribution is -2.44. The predicted octanol–water partition coefficient (Wildman–Crippen LogP) is 1.25. The Hall–Kier alpha value is -1.82. The maximum Gasteiger partial charge on any atom is 0.250 e. The molecule has 0 aromatic heterocycles. The van der Waals surface area contributed by atoms with Crippen molar-refractivity contribution in [1.82, 2.24) is 0 Å². The second-order valence-electron chi connectivity index (χ2n) is 5.29. The molecule has 1 aromatic rings. The first-order valence-electron chi connectivity index (χ1n) is 6.71. The number of carbonyl (C=O) groups is 1. The summed E-state index contributed by atoms with van der Waals surface area (Å²) in [4.78, 5) is 13.0. The lowest BCUT2D eigenvalue weighted by molar-refractivity contribution is 0.100. The van der Waals surface area contributed by atoms with Gasteiger partial charge in [0.1, 0.15) is 5.82 Å². The van der Waals surface area contributed by atoms with E-state index >= 15 is 0 Å². The number of aliphatic hydroxyl groups is 1. The molecule has 1 fully saturated rings. The van der Waals surface area contributed by atoms with Crippen molar-refractivity contribution in [1.29, 1.82) is 0 Å². The molecule has 1 aromatic carbocycles. The van der Waals surface area contributed by atoms with Crippen LogP contribution in [0.2, 0.25) is 0 Å². The molecule has 0 heterocycles. The average molecular weight is 281 g/mol. The van der Waals surface area contributed by atoms with Crippen molar-refractivity contribution in [3.05, 3.63) is 23.5 Å². The topological polar surface area (TPSA) is 92.6 Å². The number of halogens is 1. The lowest BCUT2D eigenvalue weighted by Gasteiger charge is -2.37. The molecule has 1 aliphatic rings. The van der Waals surface area contributed by atoms with Crippen LogP contribution in [0.4, 0.5) is 15.8 Å². The summed E-state index contributed by atoms with van der Waals surface area (Å²) in [7, 11) is 1.71. The minimum atomic E-state index is -0.693. The van der Waals surface area contributed by atoms with Crippen molar-refractivity contribution in [2.24, 2.45) is 5.73 Å². The predicted molar refractivity (Wildman–Crippen MR) is 76.0 cm³/mol. The van der Waals surface area contributed by atoms with Gasteiger partial charge in [-0.15, -0.1) is 0 Å². The molecule has 1 aliphatic carbocycles. The number of benzene rings is 1. The highest BCUT2D eigenvalue weighted by atomic mass is 19.1. The molecule has 2 rings (SSSR count). The van der Waals surface area contributed by atoms with Crippen molar-refractivity contribution in [3.63, 3.8) is 0 Å². The number of carbonyl (C=O) groups excluding carboxylic acids is 1. The maximum atomic E-state index is 14.1. The Morgan fingerprint density at radius 3 is 2.65 bits per heavy atom. The number of anilines is 2. The first-order valence-corrected chi connectivity index (χ1v) is 6.71. The van der Waals surface area contributed by atoms with E-state index in [1.807, 2.05) is 0 Å². The number of amides is 1. The van der Waals surface area contributed by atoms with E-state index in [0.717, 1.165) is 25.3 Å². The van der Waals surface area contributed by atoms with Crippen LogP contribution in [-0.4, -0.2) is 30.2 Å². The summed E-state index contributed by atoms with van der Waals surface area (Å²) >= 11 is 0. The molecule has 2 atom stereocenters. The highest BCUT2D eigenvalue weighted by molar-refractivity contribution is 5.99. The summed E-state index contributed by atoms with van der Waals surface area (Å²) in [6.07, 6.45) is 2.96. The lowest BCUT2D eigenvalue weighted by atomic mass is 9.91. The monoisotopic (exact) mass is 281 g/mol. The van der Waals surface area contributed by atoms with Crippen LogP contribution < -0.4 is 16.4 Å². The van der Waals surface area contributed by atoms with Gasteiger partial charge in [-0.05, 0) is 25.0 Å². The number of aliphatic hydroxyl groups excluding tert-OH is 1. The molecule has 0 radical (unpaired) electrons. The molecule has 1 amide bonds. The van der Waals surface area contributed by atoms with E-state index in [1.165, 1.54) is 6.07 Å². The van der Waals surface area contributed by atoms with E-state index in [2.05, 4.69) is 0 Å². The Morgan fingerprint density at radius 2 is 2.05 bits per heavy atom. The zero-order valence-electron chi connectivity index (χ0n) is 11.5. The Bertz CT molecular complexity index is 521. The van der Waals surface area contributed by atoms with Crippen molar-refractivity contribution in [3.8, 4) is 0 Å². The minimum absolute atomic E-state index is 0.0244. The second kappa shape index (κ2) is 5.66. The first-order chi connectivity index (χ1) is 9.41. The maximum absolute atomic E-state index is 14.1. The second-order valence-corrected chi connectivity index (χ2v) is 5.29. The highest BCUT2D eigenvalue weighted by Crippen LogP contribution is 2.30. The van der Waals surface area contributed by atoms with Gasteiger partial charge in [-0.25, -0.2) is 4.39 Å². The molecular weight excluding hydrogens is 261 g/mol. The van der Waals surface area contributed by atoms with E-state index in [-0.39, 0.29) is 23.0 Å². The summed E-state index contributed by atoms with van der Waals surface area (Å²) in [5.74, 6) is -1.21. The zero-order valence-corrected chi connectivity index (χ0v) is 11.5. The summed E-state index contributed by atoms with van der Waals surface area (Å²) in [6, 6.07) is 2.29. The van der Waals surface area contributed by atoms with E-state index in [4.69, 9.17) is 11.5 Å². The fraction of sp³-hybridized carbons (Fsp3) is 0.500.